The van der Waals surface area contributed by atoms with Crippen molar-refractivity contribution in [3.63, 3.8) is 0 Å². The molecule has 0 amide bonds. The third-order valence-corrected chi connectivity index (χ3v) is 2.94. The minimum atomic E-state index is 0.168. The molecule has 4 heteroatoms. The van der Waals surface area contributed by atoms with E-state index in [1.54, 1.807) is 6.07 Å². The van der Waals surface area contributed by atoms with Gasteiger partial charge >= 0.3 is 0 Å². The first-order valence-corrected chi connectivity index (χ1v) is 7.15. The number of hydrogen-bond acceptors (Lipinski definition) is 3. The van der Waals surface area contributed by atoms with Crippen molar-refractivity contribution in [1.82, 2.24) is 9.97 Å². The van der Waals surface area contributed by atoms with Gasteiger partial charge in [0.05, 0.1) is 11.8 Å². The highest BCUT2D eigenvalue weighted by atomic mass is 35.5. The summed E-state index contributed by atoms with van der Waals surface area (Å²) >= 11 is 6.07. The highest BCUT2D eigenvalue weighted by molar-refractivity contribution is 6.29. The van der Waals surface area contributed by atoms with Crippen molar-refractivity contribution in [1.29, 1.82) is 0 Å². The fourth-order valence-electron chi connectivity index (χ4n) is 1.82. The molecule has 0 N–H and O–H groups in total. The molecule has 3 nitrogen and oxygen atoms in total. The van der Waals surface area contributed by atoms with E-state index in [4.69, 9.17) is 16.3 Å². The standard InChI is InChI=1S/C16H19ClN2O/c1-10(2)16-18-14(9-15(17)19-16)12-5-7-13(8-6-12)20-11(3)4/h5-11H,1-4H3. The summed E-state index contributed by atoms with van der Waals surface area (Å²) in [7, 11) is 0. The predicted molar refractivity (Wildman–Crippen MR) is 82.3 cm³/mol. The van der Waals surface area contributed by atoms with Crippen LogP contribution in [0.1, 0.15) is 39.4 Å². The first-order chi connectivity index (χ1) is 9.45. The van der Waals surface area contributed by atoms with Crippen LogP contribution in [0.15, 0.2) is 30.3 Å². The van der Waals surface area contributed by atoms with Crippen molar-refractivity contribution < 1.29 is 4.74 Å². The van der Waals surface area contributed by atoms with Crippen molar-refractivity contribution in [2.24, 2.45) is 0 Å². The molecule has 0 radical (unpaired) electrons. The molecule has 1 aromatic carbocycles. The fourth-order valence-corrected chi connectivity index (χ4v) is 2.01. The van der Waals surface area contributed by atoms with E-state index in [2.05, 4.69) is 23.8 Å². The van der Waals surface area contributed by atoms with Crippen molar-refractivity contribution in [3.05, 3.63) is 41.3 Å². The summed E-state index contributed by atoms with van der Waals surface area (Å²) in [5, 5.41) is 0.473. The molecule has 20 heavy (non-hydrogen) atoms. The quantitative estimate of drug-likeness (QED) is 0.765. The predicted octanol–water partition coefficient (Wildman–Crippen LogP) is 4.71. The van der Waals surface area contributed by atoms with Gasteiger partial charge < -0.3 is 4.74 Å². The van der Waals surface area contributed by atoms with Gasteiger partial charge in [-0.2, -0.15) is 0 Å². The van der Waals surface area contributed by atoms with Crippen molar-refractivity contribution >= 4 is 11.6 Å². The van der Waals surface area contributed by atoms with Crippen LogP contribution in [-0.4, -0.2) is 16.1 Å². The van der Waals surface area contributed by atoms with Crippen LogP contribution in [0.4, 0.5) is 0 Å². The van der Waals surface area contributed by atoms with Crippen LogP contribution < -0.4 is 4.74 Å². The van der Waals surface area contributed by atoms with E-state index in [0.717, 1.165) is 22.8 Å². The van der Waals surface area contributed by atoms with E-state index in [-0.39, 0.29) is 12.0 Å². The summed E-state index contributed by atoms with van der Waals surface area (Å²) < 4.78 is 5.63. The molecule has 0 spiro atoms. The second kappa shape index (κ2) is 6.23. The third kappa shape index (κ3) is 3.70. The van der Waals surface area contributed by atoms with Crippen molar-refractivity contribution in [2.75, 3.05) is 0 Å². The first kappa shape index (κ1) is 14.8. The molecule has 1 heterocycles. The fraction of sp³-hybridized carbons (Fsp3) is 0.375. The zero-order valence-corrected chi connectivity index (χ0v) is 13.0. The average molecular weight is 291 g/mol. The highest BCUT2D eigenvalue weighted by Crippen LogP contribution is 2.24. The lowest BCUT2D eigenvalue weighted by molar-refractivity contribution is 0.242. The van der Waals surface area contributed by atoms with Crippen LogP contribution in [0.2, 0.25) is 5.15 Å². The molecule has 0 aliphatic carbocycles. The van der Waals surface area contributed by atoms with Crippen LogP contribution in [-0.2, 0) is 0 Å². The molecule has 0 aliphatic rings. The Labute approximate surface area is 125 Å². The lowest BCUT2D eigenvalue weighted by Crippen LogP contribution is -2.05. The molecule has 0 fully saturated rings. The number of rotatable bonds is 4. The lowest BCUT2D eigenvalue weighted by Gasteiger charge is -2.11. The molecule has 0 saturated heterocycles. The second-order valence-electron chi connectivity index (χ2n) is 5.28. The molecule has 0 unspecified atom stereocenters. The van der Waals surface area contributed by atoms with Crippen molar-refractivity contribution in [2.45, 2.75) is 39.7 Å². The maximum absolute atomic E-state index is 6.07. The van der Waals surface area contributed by atoms with Crippen LogP contribution in [0.3, 0.4) is 0 Å². The van der Waals surface area contributed by atoms with E-state index in [1.165, 1.54) is 0 Å². The third-order valence-electron chi connectivity index (χ3n) is 2.75. The topological polar surface area (TPSA) is 35.0 Å². The zero-order valence-electron chi connectivity index (χ0n) is 12.2. The van der Waals surface area contributed by atoms with Crippen LogP contribution in [0.5, 0.6) is 5.75 Å². The van der Waals surface area contributed by atoms with Gasteiger partial charge in [0.25, 0.3) is 0 Å². The largest absolute Gasteiger partial charge is 0.491 e. The summed E-state index contributed by atoms with van der Waals surface area (Å²) in [6, 6.07) is 9.65. The average Bonchev–Trinajstić information content (AvgIpc) is 2.38. The Morgan fingerprint density at radius 2 is 1.65 bits per heavy atom. The number of aromatic nitrogens is 2. The van der Waals surface area contributed by atoms with Crippen molar-refractivity contribution in [3.8, 4) is 17.0 Å². The number of nitrogens with zero attached hydrogens (tertiary/aromatic N) is 2. The van der Waals surface area contributed by atoms with Gasteiger partial charge in [0.15, 0.2) is 0 Å². The molecular weight excluding hydrogens is 272 g/mol. The molecule has 1 aromatic heterocycles. The molecular formula is C16H19ClN2O. The summed E-state index contributed by atoms with van der Waals surface area (Å²) in [4.78, 5) is 8.80. The molecule has 0 saturated carbocycles. The minimum absolute atomic E-state index is 0.168. The summed E-state index contributed by atoms with van der Waals surface area (Å²) in [6.07, 6.45) is 0.168. The number of benzene rings is 1. The van der Waals surface area contributed by atoms with E-state index in [1.807, 2.05) is 38.1 Å². The Morgan fingerprint density at radius 1 is 1.00 bits per heavy atom. The van der Waals surface area contributed by atoms with Gasteiger partial charge in [0.1, 0.15) is 16.7 Å². The normalized spacial score (nSPS) is 11.2. The maximum atomic E-state index is 6.07. The van der Waals surface area contributed by atoms with Gasteiger partial charge in [-0.3, -0.25) is 0 Å². The van der Waals surface area contributed by atoms with E-state index in [0.29, 0.717) is 5.15 Å². The van der Waals surface area contributed by atoms with E-state index >= 15 is 0 Å². The van der Waals surface area contributed by atoms with Crippen LogP contribution in [0.25, 0.3) is 11.3 Å². The Kier molecular flexibility index (Phi) is 4.61. The molecule has 2 rings (SSSR count). The van der Waals surface area contributed by atoms with Gasteiger partial charge in [0, 0.05) is 17.5 Å². The van der Waals surface area contributed by atoms with Gasteiger partial charge in [-0.1, -0.05) is 25.4 Å². The summed E-state index contributed by atoms with van der Waals surface area (Å²) in [5.74, 6) is 1.86. The number of hydrogen-bond donors (Lipinski definition) is 0. The Balaban J connectivity index is 2.31. The zero-order chi connectivity index (χ0) is 14.7. The monoisotopic (exact) mass is 290 g/mol. The smallest absolute Gasteiger partial charge is 0.133 e. The Morgan fingerprint density at radius 3 is 2.20 bits per heavy atom. The SMILES string of the molecule is CC(C)Oc1ccc(-c2cc(Cl)nc(C(C)C)n2)cc1. The van der Waals surface area contributed by atoms with Crippen LogP contribution in [0, 0.1) is 0 Å². The van der Waals surface area contributed by atoms with E-state index in [9.17, 15) is 0 Å². The summed E-state index contributed by atoms with van der Waals surface area (Å²) in [5.41, 5.74) is 1.84. The highest BCUT2D eigenvalue weighted by Gasteiger charge is 2.09. The molecule has 106 valence electrons. The van der Waals surface area contributed by atoms with Gasteiger partial charge in [-0.05, 0) is 38.1 Å². The minimum Gasteiger partial charge on any atom is -0.491 e. The van der Waals surface area contributed by atoms with Gasteiger partial charge in [-0.25, -0.2) is 9.97 Å². The molecule has 0 bridgehead atoms. The van der Waals surface area contributed by atoms with Gasteiger partial charge in [0.2, 0.25) is 0 Å². The maximum Gasteiger partial charge on any atom is 0.133 e. The number of ether oxygens (including phenoxy) is 1. The summed E-state index contributed by atoms with van der Waals surface area (Å²) in [6.45, 7) is 8.12. The van der Waals surface area contributed by atoms with Gasteiger partial charge in [-0.15, -0.1) is 0 Å². The van der Waals surface area contributed by atoms with Crippen LogP contribution >= 0.6 is 11.6 Å². The van der Waals surface area contributed by atoms with E-state index < -0.39 is 0 Å². The molecule has 0 atom stereocenters. The second-order valence-corrected chi connectivity index (χ2v) is 5.67. The lowest BCUT2D eigenvalue weighted by atomic mass is 10.1. The number of halogens is 1. The Bertz CT molecular complexity index is 580. The molecule has 0 aliphatic heterocycles. The molecule has 2 aromatic rings. The Hall–Kier alpha value is -1.61. The first-order valence-electron chi connectivity index (χ1n) is 6.77.